The van der Waals surface area contributed by atoms with Crippen LogP contribution < -0.4 is 5.32 Å². The molecule has 0 aromatic rings. The van der Waals surface area contributed by atoms with Crippen molar-refractivity contribution in [1.82, 2.24) is 5.32 Å². The number of esters is 1. The van der Waals surface area contributed by atoms with Gasteiger partial charge in [0.05, 0.1) is 24.7 Å². The molecule has 1 N–H and O–H groups in total. The first kappa shape index (κ1) is 7.76. The Morgan fingerprint density at radius 2 is 2.38 bits per heavy atom. The van der Waals surface area contributed by atoms with Gasteiger partial charge >= 0.3 is 5.97 Å². The van der Waals surface area contributed by atoms with Crippen LogP contribution in [0.3, 0.4) is 0 Å². The largest absolute Gasteiger partial charge is 0.469 e. The quantitative estimate of drug-likeness (QED) is 0.559. The molecule has 1 aliphatic carbocycles. The standard InChI is InChI=1S/C9H13NO3/c1-12-7(11)8-2-6(8)9(13-5-8)3-10-4-9/h6,10H,2-5H2,1H3. The Morgan fingerprint density at radius 3 is 2.77 bits per heavy atom. The highest BCUT2D eigenvalue weighted by Gasteiger charge is 2.75. The molecule has 4 heteroatoms. The van der Waals surface area contributed by atoms with Crippen molar-refractivity contribution in [3.05, 3.63) is 0 Å². The van der Waals surface area contributed by atoms with E-state index in [1.807, 2.05) is 0 Å². The molecule has 2 aliphatic heterocycles. The van der Waals surface area contributed by atoms with Crippen molar-refractivity contribution < 1.29 is 14.3 Å². The average Bonchev–Trinajstić information content (AvgIpc) is 2.72. The molecule has 2 heterocycles. The number of methoxy groups -OCH3 is 1. The molecular weight excluding hydrogens is 170 g/mol. The number of rotatable bonds is 1. The van der Waals surface area contributed by atoms with Gasteiger partial charge in [-0.2, -0.15) is 0 Å². The van der Waals surface area contributed by atoms with Crippen LogP contribution in [0.15, 0.2) is 0 Å². The number of ether oxygens (including phenoxy) is 2. The van der Waals surface area contributed by atoms with Crippen LogP contribution in [-0.2, 0) is 14.3 Å². The van der Waals surface area contributed by atoms with E-state index in [4.69, 9.17) is 9.47 Å². The third-order valence-electron chi connectivity index (χ3n) is 3.77. The second-order valence-electron chi connectivity index (χ2n) is 4.36. The molecule has 3 rings (SSSR count). The number of carbonyl (C=O) groups is 1. The Morgan fingerprint density at radius 1 is 1.62 bits per heavy atom. The normalized spacial score (nSPS) is 43.9. The van der Waals surface area contributed by atoms with Crippen molar-refractivity contribution >= 4 is 5.97 Å². The third-order valence-corrected chi connectivity index (χ3v) is 3.77. The SMILES string of the molecule is COC(=O)C12COC3(CNC3)C1C2. The number of carbonyl (C=O) groups excluding carboxylic acids is 1. The molecule has 3 aliphatic rings. The van der Waals surface area contributed by atoms with Gasteiger partial charge in [0.1, 0.15) is 0 Å². The number of hydrogen-bond donors (Lipinski definition) is 1. The smallest absolute Gasteiger partial charge is 0.314 e. The predicted molar refractivity (Wildman–Crippen MR) is 44.1 cm³/mol. The summed E-state index contributed by atoms with van der Waals surface area (Å²) in [7, 11) is 1.45. The van der Waals surface area contributed by atoms with E-state index in [0.29, 0.717) is 12.5 Å². The number of fused-ring (bicyclic) bond motifs is 2. The minimum absolute atomic E-state index is 0.0197. The Kier molecular flexibility index (Phi) is 1.23. The highest BCUT2D eigenvalue weighted by molar-refractivity contribution is 5.82. The van der Waals surface area contributed by atoms with Gasteiger partial charge in [0.15, 0.2) is 0 Å². The van der Waals surface area contributed by atoms with E-state index in [0.717, 1.165) is 19.5 Å². The van der Waals surface area contributed by atoms with Gasteiger partial charge in [-0.1, -0.05) is 0 Å². The van der Waals surface area contributed by atoms with Crippen LogP contribution in [-0.4, -0.2) is 38.4 Å². The molecule has 0 aromatic carbocycles. The molecule has 1 saturated carbocycles. The van der Waals surface area contributed by atoms with Crippen LogP contribution >= 0.6 is 0 Å². The average molecular weight is 183 g/mol. The molecule has 2 atom stereocenters. The molecule has 2 saturated heterocycles. The molecule has 0 amide bonds. The third kappa shape index (κ3) is 0.718. The first-order valence-corrected chi connectivity index (χ1v) is 4.67. The molecule has 4 nitrogen and oxygen atoms in total. The molecule has 13 heavy (non-hydrogen) atoms. The van der Waals surface area contributed by atoms with Gasteiger partial charge in [0.25, 0.3) is 0 Å². The minimum Gasteiger partial charge on any atom is -0.469 e. The van der Waals surface area contributed by atoms with Crippen LogP contribution in [0.25, 0.3) is 0 Å². The molecule has 72 valence electrons. The van der Waals surface area contributed by atoms with Crippen LogP contribution in [0.2, 0.25) is 0 Å². The fourth-order valence-electron chi connectivity index (χ4n) is 2.74. The van der Waals surface area contributed by atoms with Crippen molar-refractivity contribution in [2.45, 2.75) is 12.0 Å². The topological polar surface area (TPSA) is 47.6 Å². The van der Waals surface area contributed by atoms with Crippen LogP contribution in [0.5, 0.6) is 0 Å². The first-order chi connectivity index (χ1) is 6.23. The van der Waals surface area contributed by atoms with E-state index in [1.165, 1.54) is 7.11 Å². The highest BCUT2D eigenvalue weighted by Crippen LogP contribution is 2.65. The van der Waals surface area contributed by atoms with Gasteiger partial charge < -0.3 is 14.8 Å². The molecular formula is C9H13NO3. The molecule has 0 aromatic heterocycles. The van der Waals surface area contributed by atoms with E-state index in [1.54, 1.807) is 0 Å². The maximum absolute atomic E-state index is 11.5. The molecule has 1 spiro atoms. The Hall–Kier alpha value is -0.610. The fourth-order valence-corrected chi connectivity index (χ4v) is 2.74. The second-order valence-corrected chi connectivity index (χ2v) is 4.36. The van der Waals surface area contributed by atoms with Crippen LogP contribution in [0.1, 0.15) is 6.42 Å². The van der Waals surface area contributed by atoms with Crippen molar-refractivity contribution in [2.24, 2.45) is 11.3 Å². The summed E-state index contributed by atoms with van der Waals surface area (Å²) in [6.07, 6.45) is 0.960. The van der Waals surface area contributed by atoms with Crippen molar-refractivity contribution in [3.63, 3.8) is 0 Å². The second kappa shape index (κ2) is 2.07. The van der Waals surface area contributed by atoms with E-state index in [-0.39, 0.29) is 17.0 Å². The van der Waals surface area contributed by atoms with Crippen LogP contribution in [0.4, 0.5) is 0 Å². The summed E-state index contributed by atoms with van der Waals surface area (Å²) in [5.74, 6) is 0.329. The van der Waals surface area contributed by atoms with Gasteiger partial charge in [0, 0.05) is 19.0 Å². The van der Waals surface area contributed by atoms with Gasteiger partial charge in [0.2, 0.25) is 0 Å². The number of hydrogen-bond acceptors (Lipinski definition) is 4. The Labute approximate surface area is 76.6 Å². The fraction of sp³-hybridized carbons (Fsp3) is 0.889. The summed E-state index contributed by atoms with van der Waals surface area (Å²) in [6, 6.07) is 0. The van der Waals surface area contributed by atoms with Gasteiger partial charge in [-0.15, -0.1) is 0 Å². The van der Waals surface area contributed by atoms with E-state index < -0.39 is 0 Å². The first-order valence-electron chi connectivity index (χ1n) is 4.67. The monoisotopic (exact) mass is 183 g/mol. The van der Waals surface area contributed by atoms with E-state index in [9.17, 15) is 4.79 Å². The summed E-state index contributed by atoms with van der Waals surface area (Å²) in [5, 5.41) is 3.20. The highest BCUT2D eigenvalue weighted by atomic mass is 16.5. The zero-order chi connectivity index (χ0) is 9.10. The predicted octanol–water partition coefficient (Wildman–Crippen LogP) is -0.462. The zero-order valence-electron chi connectivity index (χ0n) is 7.63. The van der Waals surface area contributed by atoms with Gasteiger partial charge in [-0.25, -0.2) is 0 Å². The van der Waals surface area contributed by atoms with Crippen molar-refractivity contribution in [1.29, 1.82) is 0 Å². The maximum Gasteiger partial charge on any atom is 0.314 e. The Bertz CT molecular complexity index is 274. The van der Waals surface area contributed by atoms with Crippen molar-refractivity contribution in [3.8, 4) is 0 Å². The molecule has 3 fully saturated rings. The lowest BCUT2D eigenvalue weighted by atomic mass is 9.89. The van der Waals surface area contributed by atoms with Crippen molar-refractivity contribution in [2.75, 3.05) is 26.8 Å². The van der Waals surface area contributed by atoms with Crippen LogP contribution in [0, 0.1) is 11.3 Å². The molecule has 2 unspecified atom stereocenters. The van der Waals surface area contributed by atoms with Gasteiger partial charge in [-0.05, 0) is 6.42 Å². The molecule has 0 radical (unpaired) electrons. The molecule has 0 bridgehead atoms. The lowest BCUT2D eigenvalue weighted by Crippen LogP contribution is -2.61. The summed E-state index contributed by atoms with van der Waals surface area (Å²) in [4.78, 5) is 11.5. The summed E-state index contributed by atoms with van der Waals surface area (Å²) < 4.78 is 10.5. The van der Waals surface area contributed by atoms with Gasteiger partial charge in [-0.3, -0.25) is 4.79 Å². The lowest BCUT2D eigenvalue weighted by molar-refractivity contribution is -0.148. The summed E-state index contributed by atoms with van der Waals surface area (Å²) in [6.45, 7) is 2.36. The summed E-state index contributed by atoms with van der Waals surface area (Å²) in [5.41, 5.74) is -0.287. The van der Waals surface area contributed by atoms with E-state index >= 15 is 0 Å². The Balaban J connectivity index is 1.83. The lowest BCUT2D eigenvalue weighted by Gasteiger charge is -2.39. The number of nitrogens with one attached hydrogen (secondary N) is 1. The van der Waals surface area contributed by atoms with E-state index in [2.05, 4.69) is 5.32 Å². The minimum atomic E-state index is -0.267. The maximum atomic E-state index is 11.5. The zero-order valence-corrected chi connectivity index (χ0v) is 7.63. The summed E-state index contributed by atoms with van der Waals surface area (Å²) >= 11 is 0.